The van der Waals surface area contributed by atoms with Crippen LogP contribution in [0.3, 0.4) is 0 Å². The number of rotatable bonds is 9. The van der Waals surface area contributed by atoms with Crippen LogP contribution < -0.4 is 19.7 Å². The summed E-state index contributed by atoms with van der Waals surface area (Å²) in [5.41, 5.74) is 3.49. The zero-order chi connectivity index (χ0) is 28.8. The molecular weight excluding hydrogens is 523 g/mol. The molecule has 0 unspecified atom stereocenters. The van der Waals surface area contributed by atoms with Gasteiger partial charge in [0, 0.05) is 12.6 Å². The summed E-state index contributed by atoms with van der Waals surface area (Å²) in [7, 11) is 2.02. The van der Waals surface area contributed by atoms with Gasteiger partial charge in [0.2, 0.25) is 0 Å². The molecule has 4 aromatic carbocycles. The van der Waals surface area contributed by atoms with Gasteiger partial charge in [-0.25, -0.2) is 4.39 Å². The van der Waals surface area contributed by atoms with Crippen molar-refractivity contribution < 1.29 is 28.2 Å². The highest BCUT2D eigenvalue weighted by Gasteiger charge is 2.24. The summed E-state index contributed by atoms with van der Waals surface area (Å²) in [6, 6.07) is 26.5. The van der Waals surface area contributed by atoms with E-state index in [2.05, 4.69) is 10.2 Å². The van der Waals surface area contributed by atoms with Crippen LogP contribution in [-0.4, -0.2) is 38.2 Å². The topological polar surface area (TPSA) is 77.1 Å². The van der Waals surface area contributed by atoms with Crippen molar-refractivity contribution in [1.82, 2.24) is 0 Å². The monoisotopic (exact) mass is 554 g/mol. The van der Waals surface area contributed by atoms with Crippen LogP contribution in [0.25, 0.3) is 0 Å². The van der Waals surface area contributed by atoms with Gasteiger partial charge < -0.3 is 24.4 Å². The van der Waals surface area contributed by atoms with E-state index in [1.807, 2.05) is 61.6 Å². The Labute approximate surface area is 238 Å². The van der Waals surface area contributed by atoms with E-state index in [0.29, 0.717) is 35.6 Å². The number of nitrogens with one attached hydrogen (secondary N) is 1. The van der Waals surface area contributed by atoms with Crippen molar-refractivity contribution in [3.05, 3.63) is 119 Å². The van der Waals surface area contributed by atoms with E-state index >= 15 is 0 Å². The number of aryl methyl sites for hydroxylation is 1. The minimum atomic E-state index is -0.601. The minimum Gasteiger partial charge on any atom is -0.490 e. The van der Waals surface area contributed by atoms with E-state index in [4.69, 9.17) is 14.2 Å². The van der Waals surface area contributed by atoms with Crippen LogP contribution in [-0.2, 0) is 22.6 Å². The van der Waals surface area contributed by atoms with Crippen molar-refractivity contribution >= 4 is 23.3 Å². The van der Waals surface area contributed by atoms with Gasteiger partial charge in [0.15, 0.2) is 0 Å². The number of hydrogen-bond donors (Lipinski definition) is 1. The summed E-state index contributed by atoms with van der Waals surface area (Å²) in [5, 5.41) is 2.62. The first-order valence-electron chi connectivity index (χ1n) is 13.4. The van der Waals surface area contributed by atoms with Gasteiger partial charge in [-0.1, -0.05) is 48.5 Å². The van der Waals surface area contributed by atoms with Gasteiger partial charge >= 0.3 is 5.97 Å². The fourth-order valence-corrected chi connectivity index (χ4v) is 4.67. The Morgan fingerprint density at radius 2 is 1.76 bits per heavy atom. The van der Waals surface area contributed by atoms with Crippen LogP contribution >= 0.6 is 0 Å². The molecule has 0 aliphatic carbocycles. The number of para-hydroxylation sites is 2. The molecule has 0 fully saturated rings. The lowest BCUT2D eigenvalue weighted by atomic mass is 10.1. The maximum absolute atomic E-state index is 14.5. The first kappa shape index (κ1) is 27.7. The number of nitrogens with zero attached hydrogens (tertiary/aromatic N) is 1. The fourth-order valence-electron chi connectivity index (χ4n) is 4.67. The molecule has 0 bridgehead atoms. The number of carbonyl (C=O) groups excluding carboxylic acids is 2. The minimum absolute atomic E-state index is 0.0121. The number of fused-ring (bicyclic) bond motifs is 1. The van der Waals surface area contributed by atoms with Gasteiger partial charge in [-0.15, -0.1) is 0 Å². The van der Waals surface area contributed by atoms with Gasteiger partial charge in [-0.2, -0.15) is 0 Å². The number of carbonyl (C=O) groups is 2. The molecule has 0 saturated carbocycles. The van der Waals surface area contributed by atoms with Gasteiger partial charge in [0.25, 0.3) is 5.91 Å². The number of anilines is 2. The van der Waals surface area contributed by atoms with Crippen molar-refractivity contribution in [3.63, 3.8) is 0 Å². The van der Waals surface area contributed by atoms with Gasteiger partial charge in [-0.05, 0) is 66.1 Å². The van der Waals surface area contributed by atoms with Crippen molar-refractivity contribution in [2.75, 3.05) is 30.4 Å². The number of esters is 1. The average Bonchev–Trinajstić information content (AvgIpc) is 2.97. The van der Waals surface area contributed by atoms with Gasteiger partial charge in [0.1, 0.15) is 36.6 Å². The molecule has 210 valence electrons. The molecule has 1 N–H and O–H groups in total. The van der Waals surface area contributed by atoms with Crippen LogP contribution in [0.4, 0.5) is 15.8 Å². The molecule has 1 heterocycles. The van der Waals surface area contributed by atoms with Crippen molar-refractivity contribution in [2.45, 2.75) is 26.1 Å². The fraction of sp³-hybridized carbons (Fsp3) is 0.212. The maximum atomic E-state index is 14.5. The highest BCUT2D eigenvalue weighted by molar-refractivity contribution is 6.05. The Hall–Kier alpha value is -4.85. The summed E-state index contributed by atoms with van der Waals surface area (Å²) in [5.74, 6) is -0.0922. The van der Waals surface area contributed by atoms with Crippen LogP contribution in [0.15, 0.2) is 91.0 Å². The molecule has 8 heteroatoms. The molecule has 1 atom stereocenters. The third kappa shape index (κ3) is 7.03. The average molecular weight is 555 g/mol. The molecule has 1 aliphatic heterocycles. The SMILES string of the molecule is Cc1cc(OC[C@@H]2CN(C)c3ccccc3O2)ccc1C(=O)Nc1cc(CC(=O)OCc2ccccc2)ccc1F. The highest BCUT2D eigenvalue weighted by Crippen LogP contribution is 2.32. The summed E-state index contributed by atoms with van der Waals surface area (Å²) < 4.78 is 31.9. The van der Waals surface area contributed by atoms with Crippen LogP contribution in [0.1, 0.15) is 27.0 Å². The molecule has 0 aromatic heterocycles. The largest absolute Gasteiger partial charge is 0.490 e. The second-order valence-corrected chi connectivity index (χ2v) is 9.97. The molecule has 1 aliphatic rings. The molecule has 4 aromatic rings. The van der Waals surface area contributed by atoms with Crippen molar-refractivity contribution in [3.8, 4) is 11.5 Å². The van der Waals surface area contributed by atoms with Crippen LogP contribution in [0, 0.1) is 12.7 Å². The third-order valence-electron chi connectivity index (χ3n) is 6.80. The Morgan fingerprint density at radius 1 is 0.976 bits per heavy atom. The van der Waals surface area contributed by atoms with E-state index < -0.39 is 17.7 Å². The Balaban J connectivity index is 1.17. The number of hydrogen-bond acceptors (Lipinski definition) is 6. The van der Waals surface area contributed by atoms with Crippen molar-refractivity contribution in [1.29, 1.82) is 0 Å². The lowest BCUT2D eigenvalue weighted by molar-refractivity contribution is -0.144. The molecular formula is C33H31FN2O5. The molecule has 1 amide bonds. The Morgan fingerprint density at radius 3 is 2.56 bits per heavy atom. The van der Waals surface area contributed by atoms with Gasteiger partial charge in [0.05, 0.1) is 24.3 Å². The van der Waals surface area contributed by atoms with Crippen LogP contribution in [0.5, 0.6) is 11.5 Å². The molecule has 0 radical (unpaired) electrons. The number of amides is 1. The number of ether oxygens (including phenoxy) is 3. The van der Waals surface area contributed by atoms with E-state index in [-0.39, 0.29) is 24.8 Å². The maximum Gasteiger partial charge on any atom is 0.310 e. The lowest BCUT2D eigenvalue weighted by Gasteiger charge is -2.33. The third-order valence-corrected chi connectivity index (χ3v) is 6.80. The second-order valence-electron chi connectivity index (χ2n) is 9.97. The van der Waals surface area contributed by atoms with Crippen molar-refractivity contribution in [2.24, 2.45) is 0 Å². The molecule has 7 nitrogen and oxygen atoms in total. The predicted molar refractivity (Wildman–Crippen MR) is 155 cm³/mol. The smallest absolute Gasteiger partial charge is 0.310 e. The molecule has 0 saturated heterocycles. The van der Waals surface area contributed by atoms with Gasteiger partial charge in [-0.3, -0.25) is 9.59 Å². The predicted octanol–water partition coefficient (Wildman–Crippen LogP) is 5.95. The first-order chi connectivity index (χ1) is 19.9. The zero-order valence-corrected chi connectivity index (χ0v) is 22.9. The summed E-state index contributed by atoms with van der Waals surface area (Å²) in [6.07, 6.45) is -0.198. The quantitative estimate of drug-likeness (QED) is 0.258. The molecule has 5 rings (SSSR count). The molecule has 41 heavy (non-hydrogen) atoms. The number of benzene rings is 4. The Kier molecular flexibility index (Phi) is 8.48. The highest BCUT2D eigenvalue weighted by atomic mass is 19.1. The first-order valence-corrected chi connectivity index (χ1v) is 13.4. The van der Waals surface area contributed by atoms with E-state index in [9.17, 15) is 14.0 Å². The molecule has 0 spiro atoms. The second kappa shape index (κ2) is 12.6. The number of halogens is 1. The Bertz CT molecular complexity index is 1540. The lowest BCUT2D eigenvalue weighted by Crippen LogP contribution is -2.41. The van der Waals surface area contributed by atoms with E-state index in [0.717, 1.165) is 17.0 Å². The zero-order valence-electron chi connectivity index (χ0n) is 22.9. The standard InChI is InChI=1S/C33H31FN2O5/c1-22-16-25(39-21-26-19-36(2)30-10-6-7-11-31(30)41-26)13-14-27(22)33(38)35-29-17-24(12-15-28(29)34)18-32(37)40-20-23-8-4-3-5-9-23/h3-17,26H,18-21H2,1-2H3,(H,35,38)/t26-/m0/s1. The van der Waals surface area contributed by atoms with E-state index in [1.165, 1.54) is 18.2 Å². The van der Waals surface area contributed by atoms with Crippen LogP contribution in [0.2, 0.25) is 0 Å². The number of likely N-dealkylation sites (N-methyl/N-ethyl adjacent to an activating group) is 1. The summed E-state index contributed by atoms with van der Waals surface area (Å²) in [6.45, 7) is 2.97. The summed E-state index contributed by atoms with van der Waals surface area (Å²) in [4.78, 5) is 27.4. The summed E-state index contributed by atoms with van der Waals surface area (Å²) >= 11 is 0. The normalized spacial score (nSPS) is 14.0. The van der Waals surface area contributed by atoms with E-state index in [1.54, 1.807) is 25.1 Å².